The van der Waals surface area contributed by atoms with E-state index < -0.39 is 10.0 Å². The van der Waals surface area contributed by atoms with Gasteiger partial charge in [-0.05, 0) is 51.0 Å². The van der Waals surface area contributed by atoms with Gasteiger partial charge in [-0.3, -0.25) is 0 Å². The maximum Gasteiger partial charge on any atom is 0.321 e. The van der Waals surface area contributed by atoms with Crippen LogP contribution in [0.2, 0.25) is 0 Å². The first-order chi connectivity index (χ1) is 11.4. The summed E-state index contributed by atoms with van der Waals surface area (Å²) in [5.74, 6) is 0. The van der Waals surface area contributed by atoms with Gasteiger partial charge >= 0.3 is 6.03 Å². The smallest absolute Gasteiger partial charge is 0.321 e. The fraction of sp³-hybridized carbons (Fsp3) is 0.588. The molecule has 0 saturated carbocycles. The molecule has 1 aromatic carbocycles. The molecule has 7 heteroatoms. The molecule has 0 radical (unpaired) electrons. The van der Waals surface area contributed by atoms with E-state index in [0.717, 1.165) is 12.8 Å². The van der Waals surface area contributed by atoms with Gasteiger partial charge in [-0.2, -0.15) is 4.31 Å². The zero-order valence-corrected chi connectivity index (χ0v) is 15.9. The number of benzene rings is 1. The van der Waals surface area contributed by atoms with Crippen LogP contribution >= 0.6 is 0 Å². The van der Waals surface area contributed by atoms with Gasteiger partial charge < -0.3 is 10.2 Å². The number of urea groups is 1. The van der Waals surface area contributed by atoms with Crippen molar-refractivity contribution in [3.8, 4) is 0 Å². The van der Waals surface area contributed by atoms with Crippen LogP contribution in [-0.4, -0.2) is 49.8 Å². The summed E-state index contributed by atoms with van der Waals surface area (Å²) in [4.78, 5) is 13.9. The summed E-state index contributed by atoms with van der Waals surface area (Å²) in [6, 6.07) is 6.17. The number of sulfonamides is 1. The molecule has 24 heavy (non-hydrogen) atoms. The van der Waals surface area contributed by atoms with Crippen LogP contribution in [0.3, 0.4) is 0 Å². The normalized spacial score (nSPS) is 11.5. The van der Waals surface area contributed by atoms with E-state index in [1.807, 2.05) is 27.7 Å². The standard InChI is InChI=1S/C17H29N3O3S/c1-5-13-20(14-6-2)24(22,23)16-11-9-15(10-12-16)18-17(21)19(7-3)8-4/h9-12H,5-8,13-14H2,1-4H3,(H,18,21). The SMILES string of the molecule is CCCN(CCC)S(=O)(=O)c1ccc(NC(=O)N(CC)CC)cc1. The van der Waals surface area contributed by atoms with Gasteiger partial charge in [0.15, 0.2) is 0 Å². The molecule has 0 atom stereocenters. The van der Waals surface area contributed by atoms with Crippen LogP contribution in [0.1, 0.15) is 40.5 Å². The predicted octanol–water partition coefficient (Wildman–Crippen LogP) is 3.37. The highest BCUT2D eigenvalue weighted by Gasteiger charge is 2.23. The van der Waals surface area contributed by atoms with Crippen LogP contribution in [0.4, 0.5) is 10.5 Å². The van der Waals surface area contributed by atoms with Crippen LogP contribution < -0.4 is 5.32 Å². The second-order valence-electron chi connectivity index (χ2n) is 5.53. The third kappa shape index (κ3) is 5.21. The summed E-state index contributed by atoms with van der Waals surface area (Å²) in [5.41, 5.74) is 0.586. The Morgan fingerprint density at radius 3 is 1.88 bits per heavy atom. The van der Waals surface area contributed by atoms with E-state index in [1.165, 1.54) is 4.31 Å². The number of amides is 2. The number of anilines is 1. The van der Waals surface area contributed by atoms with Gasteiger partial charge in [0.1, 0.15) is 0 Å². The fourth-order valence-electron chi connectivity index (χ4n) is 2.42. The summed E-state index contributed by atoms with van der Waals surface area (Å²) in [5, 5.41) is 2.78. The van der Waals surface area contributed by atoms with Gasteiger partial charge in [-0.25, -0.2) is 13.2 Å². The van der Waals surface area contributed by atoms with Crippen molar-refractivity contribution in [3.05, 3.63) is 24.3 Å². The van der Waals surface area contributed by atoms with E-state index in [9.17, 15) is 13.2 Å². The summed E-state index contributed by atoms with van der Waals surface area (Å²) in [7, 11) is -3.49. The molecular formula is C17H29N3O3S. The molecule has 0 fully saturated rings. The number of hydrogen-bond acceptors (Lipinski definition) is 3. The van der Waals surface area contributed by atoms with Crippen molar-refractivity contribution < 1.29 is 13.2 Å². The molecule has 0 aromatic heterocycles. The predicted molar refractivity (Wildman–Crippen MR) is 97.7 cm³/mol. The lowest BCUT2D eigenvalue weighted by Gasteiger charge is -2.21. The Labute approximate surface area is 145 Å². The first kappa shape index (κ1) is 20.4. The van der Waals surface area contributed by atoms with Gasteiger partial charge in [0.2, 0.25) is 10.0 Å². The topological polar surface area (TPSA) is 69.7 Å². The largest absolute Gasteiger partial charge is 0.325 e. The van der Waals surface area contributed by atoms with Gasteiger partial charge in [0, 0.05) is 31.9 Å². The minimum Gasteiger partial charge on any atom is -0.325 e. The van der Waals surface area contributed by atoms with Crippen molar-refractivity contribution in [1.29, 1.82) is 0 Å². The molecule has 0 heterocycles. The molecule has 0 aliphatic heterocycles. The Hall–Kier alpha value is -1.60. The maximum atomic E-state index is 12.7. The quantitative estimate of drug-likeness (QED) is 0.738. The van der Waals surface area contributed by atoms with Crippen LogP contribution in [0, 0.1) is 0 Å². The third-order valence-electron chi connectivity index (χ3n) is 3.74. The molecule has 6 nitrogen and oxygen atoms in total. The number of hydrogen-bond donors (Lipinski definition) is 1. The van der Waals surface area contributed by atoms with Crippen LogP contribution in [0.25, 0.3) is 0 Å². The third-order valence-corrected chi connectivity index (χ3v) is 5.65. The Morgan fingerprint density at radius 1 is 0.958 bits per heavy atom. The van der Waals surface area contributed by atoms with Crippen molar-refractivity contribution in [3.63, 3.8) is 0 Å². The summed E-state index contributed by atoms with van der Waals surface area (Å²) < 4.78 is 26.9. The molecule has 1 rings (SSSR count). The minimum absolute atomic E-state index is 0.186. The molecule has 0 spiro atoms. The van der Waals surface area contributed by atoms with Crippen molar-refractivity contribution in [1.82, 2.24) is 9.21 Å². The molecule has 0 unspecified atom stereocenters. The monoisotopic (exact) mass is 355 g/mol. The molecule has 136 valence electrons. The first-order valence-corrected chi connectivity index (χ1v) is 10.0. The van der Waals surface area contributed by atoms with Gasteiger partial charge in [0.25, 0.3) is 0 Å². The number of nitrogens with zero attached hydrogens (tertiary/aromatic N) is 2. The number of rotatable bonds is 9. The van der Waals surface area contributed by atoms with E-state index in [4.69, 9.17) is 0 Å². The summed E-state index contributed by atoms with van der Waals surface area (Å²) in [6.45, 7) is 10.0. The molecule has 2 amide bonds. The molecule has 0 aliphatic carbocycles. The summed E-state index contributed by atoms with van der Waals surface area (Å²) >= 11 is 0. The maximum absolute atomic E-state index is 12.7. The van der Waals surface area contributed by atoms with Gasteiger partial charge in [0.05, 0.1) is 4.90 Å². The van der Waals surface area contributed by atoms with Crippen molar-refractivity contribution in [2.75, 3.05) is 31.5 Å². The van der Waals surface area contributed by atoms with Crippen molar-refractivity contribution >= 4 is 21.7 Å². The number of nitrogens with one attached hydrogen (secondary N) is 1. The lowest BCUT2D eigenvalue weighted by molar-refractivity contribution is 0.217. The summed E-state index contributed by atoms with van der Waals surface area (Å²) in [6.07, 6.45) is 1.55. The van der Waals surface area contributed by atoms with E-state index in [2.05, 4.69) is 5.32 Å². The molecule has 0 aliphatic rings. The highest BCUT2D eigenvalue weighted by molar-refractivity contribution is 7.89. The van der Waals surface area contributed by atoms with Crippen LogP contribution in [-0.2, 0) is 10.0 Å². The second-order valence-corrected chi connectivity index (χ2v) is 7.47. The average molecular weight is 356 g/mol. The van der Waals surface area contributed by atoms with E-state index in [-0.39, 0.29) is 10.9 Å². The Kier molecular flexibility index (Phi) is 8.21. The van der Waals surface area contributed by atoms with Crippen LogP contribution in [0.5, 0.6) is 0 Å². The molecule has 1 N–H and O–H groups in total. The van der Waals surface area contributed by atoms with Gasteiger partial charge in [-0.1, -0.05) is 13.8 Å². The first-order valence-electron chi connectivity index (χ1n) is 8.56. The van der Waals surface area contributed by atoms with E-state index in [1.54, 1.807) is 29.2 Å². The fourth-order valence-corrected chi connectivity index (χ4v) is 4.05. The second kappa shape index (κ2) is 9.64. The highest BCUT2D eigenvalue weighted by Crippen LogP contribution is 2.19. The molecular weight excluding hydrogens is 326 g/mol. The Bertz CT molecular complexity index is 604. The zero-order valence-electron chi connectivity index (χ0n) is 15.1. The molecule has 1 aromatic rings. The lowest BCUT2D eigenvalue weighted by atomic mass is 10.3. The Balaban J connectivity index is 2.91. The number of carbonyl (C=O) groups is 1. The number of carbonyl (C=O) groups excluding carboxylic acids is 1. The molecule has 0 saturated heterocycles. The zero-order chi connectivity index (χ0) is 18.2. The van der Waals surface area contributed by atoms with Crippen LogP contribution in [0.15, 0.2) is 29.2 Å². The highest BCUT2D eigenvalue weighted by atomic mass is 32.2. The van der Waals surface area contributed by atoms with Crippen molar-refractivity contribution in [2.45, 2.75) is 45.4 Å². The van der Waals surface area contributed by atoms with Crippen molar-refractivity contribution in [2.24, 2.45) is 0 Å². The average Bonchev–Trinajstić information content (AvgIpc) is 2.56. The van der Waals surface area contributed by atoms with E-state index >= 15 is 0 Å². The molecule has 0 bridgehead atoms. The lowest BCUT2D eigenvalue weighted by Crippen LogP contribution is -2.34. The Morgan fingerprint density at radius 2 is 1.46 bits per heavy atom. The van der Waals surface area contributed by atoms with Gasteiger partial charge in [-0.15, -0.1) is 0 Å². The minimum atomic E-state index is -3.49. The van der Waals surface area contributed by atoms with E-state index in [0.29, 0.717) is 31.9 Å².